The second kappa shape index (κ2) is 18.6. The Balaban J connectivity index is 1.79. The summed E-state index contributed by atoms with van der Waals surface area (Å²) in [6.45, 7) is 2.29. The normalized spacial score (nSPS) is 19.3. The first-order valence-electron chi connectivity index (χ1n) is 12.2. The summed E-state index contributed by atoms with van der Waals surface area (Å²) < 4.78 is 16.2. The number of ether oxygens (including phenoxy) is 3. The zero-order chi connectivity index (χ0) is 20.3. The van der Waals surface area contributed by atoms with Gasteiger partial charge in [0.2, 0.25) is 0 Å². The predicted molar refractivity (Wildman–Crippen MR) is 120 cm³/mol. The lowest BCUT2D eigenvalue weighted by Crippen LogP contribution is -2.17. The van der Waals surface area contributed by atoms with E-state index in [1.807, 2.05) is 0 Å². The Morgan fingerprint density at radius 1 is 0.643 bits per heavy atom. The minimum Gasteiger partial charge on any atom is -0.352 e. The zero-order valence-corrected chi connectivity index (χ0v) is 19.2. The maximum atomic E-state index is 5.62. The second-order valence-electron chi connectivity index (χ2n) is 8.46. The van der Waals surface area contributed by atoms with Gasteiger partial charge in [0.25, 0.3) is 0 Å². The van der Waals surface area contributed by atoms with Gasteiger partial charge in [0.1, 0.15) is 0 Å². The van der Waals surface area contributed by atoms with Gasteiger partial charge >= 0.3 is 0 Å². The van der Waals surface area contributed by atoms with E-state index in [4.69, 9.17) is 14.2 Å². The highest BCUT2D eigenvalue weighted by Crippen LogP contribution is 2.25. The summed E-state index contributed by atoms with van der Waals surface area (Å²) in [5, 5.41) is 0. The molecule has 3 heteroatoms. The van der Waals surface area contributed by atoms with E-state index in [0.717, 1.165) is 6.42 Å². The standard InChI is InChI=1S/C25H48O3/c1-4-5-6-7-8-9-10-11-12-13-14-15-16-17-18-19-20-21-23-22-24(26-2)28-25(23)27-3/h22,24-25H,4-21H2,1-3H3. The fourth-order valence-corrected chi connectivity index (χ4v) is 4.09. The van der Waals surface area contributed by atoms with Crippen LogP contribution in [0.4, 0.5) is 0 Å². The lowest BCUT2D eigenvalue weighted by atomic mass is 10.0. The van der Waals surface area contributed by atoms with Crippen molar-refractivity contribution in [1.29, 1.82) is 0 Å². The van der Waals surface area contributed by atoms with E-state index >= 15 is 0 Å². The number of hydrogen-bond donors (Lipinski definition) is 0. The highest BCUT2D eigenvalue weighted by Gasteiger charge is 2.25. The van der Waals surface area contributed by atoms with Gasteiger partial charge in [0.05, 0.1) is 0 Å². The molecule has 0 aromatic rings. The van der Waals surface area contributed by atoms with E-state index in [-0.39, 0.29) is 12.6 Å². The van der Waals surface area contributed by atoms with E-state index in [1.165, 1.54) is 115 Å². The van der Waals surface area contributed by atoms with Crippen LogP contribution in [0, 0.1) is 0 Å². The molecule has 3 nitrogen and oxygen atoms in total. The molecule has 2 unspecified atom stereocenters. The molecule has 0 saturated heterocycles. The van der Waals surface area contributed by atoms with Crippen molar-refractivity contribution in [2.45, 2.75) is 135 Å². The number of rotatable bonds is 20. The second-order valence-corrected chi connectivity index (χ2v) is 8.46. The van der Waals surface area contributed by atoms with Crippen molar-refractivity contribution in [3.05, 3.63) is 11.6 Å². The third-order valence-corrected chi connectivity index (χ3v) is 5.93. The average molecular weight is 397 g/mol. The molecule has 1 rings (SSSR count). The van der Waals surface area contributed by atoms with Crippen molar-refractivity contribution in [2.75, 3.05) is 14.2 Å². The van der Waals surface area contributed by atoms with Crippen LogP contribution in [-0.4, -0.2) is 26.8 Å². The molecule has 0 spiro atoms. The van der Waals surface area contributed by atoms with Gasteiger partial charge in [-0.15, -0.1) is 0 Å². The summed E-state index contributed by atoms with van der Waals surface area (Å²) in [7, 11) is 3.37. The number of unbranched alkanes of at least 4 members (excludes halogenated alkanes) is 16. The summed E-state index contributed by atoms with van der Waals surface area (Å²) >= 11 is 0. The van der Waals surface area contributed by atoms with Crippen molar-refractivity contribution in [1.82, 2.24) is 0 Å². The van der Waals surface area contributed by atoms with Crippen LogP contribution < -0.4 is 0 Å². The van der Waals surface area contributed by atoms with Gasteiger partial charge < -0.3 is 14.2 Å². The Morgan fingerprint density at radius 3 is 1.46 bits per heavy atom. The highest BCUT2D eigenvalue weighted by atomic mass is 16.8. The van der Waals surface area contributed by atoms with Crippen molar-refractivity contribution < 1.29 is 14.2 Å². The van der Waals surface area contributed by atoms with Crippen LogP contribution in [0.5, 0.6) is 0 Å². The fourth-order valence-electron chi connectivity index (χ4n) is 4.09. The van der Waals surface area contributed by atoms with Gasteiger partial charge in [-0.05, 0) is 24.5 Å². The molecular formula is C25H48O3. The van der Waals surface area contributed by atoms with E-state index in [0.29, 0.717) is 0 Å². The van der Waals surface area contributed by atoms with E-state index in [2.05, 4.69) is 13.0 Å². The van der Waals surface area contributed by atoms with Crippen LogP contribution in [0.2, 0.25) is 0 Å². The molecule has 1 heterocycles. The molecule has 0 fully saturated rings. The first-order chi connectivity index (χ1) is 13.8. The molecule has 1 aliphatic heterocycles. The van der Waals surface area contributed by atoms with Gasteiger partial charge in [0, 0.05) is 14.2 Å². The van der Waals surface area contributed by atoms with Crippen LogP contribution in [0.25, 0.3) is 0 Å². The van der Waals surface area contributed by atoms with Crippen LogP contribution >= 0.6 is 0 Å². The van der Waals surface area contributed by atoms with E-state index in [9.17, 15) is 0 Å². The molecule has 0 N–H and O–H groups in total. The predicted octanol–water partition coefficient (Wildman–Crippen LogP) is 7.93. The minimum absolute atomic E-state index is 0.203. The van der Waals surface area contributed by atoms with Crippen molar-refractivity contribution in [2.24, 2.45) is 0 Å². The first-order valence-corrected chi connectivity index (χ1v) is 12.2. The molecule has 166 valence electrons. The SMILES string of the molecule is CCCCCCCCCCCCCCCCCCCC1=CC(OC)OC1OC. The van der Waals surface area contributed by atoms with Crippen molar-refractivity contribution in [3.8, 4) is 0 Å². The van der Waals surface area contributed by atoms with E-state index in [1.54, 1.807) is 14.2 Å². The first kappa shape index (κ1) is 25.7. The molecule has 0 aromatic carbocycles. The highest BCUT2D eigenvalue weighted by molar-refractivity contribution is 5.12. The Bertz CT molecular complexity index is 367. The summed E-state index contributed by atoms with van der Waals surface area (Å²) in [6.07, 6.45) is 26.7. The third-order valence-electron chi connectivity index (χ3n) is 5.93. The zero-order valence-electron chi connectivity index (χ0n) is 19.2. The molecule has 0 saturated carbocycles. The summed E-state index contributed by atoms with van der Waals surface area (Å²) in [4.78, 5) is 0. The summed E-state index contributed by atoms with van der Waals surface area (Å²) in [5.41, 5.74) is 1.25. The maximum Gasteiger partial charge on any atom is 0.183 e. The largest absolute Gasteiger partial charge is 0.352 e. The van der Waals surface area contributed by atoms with Gasteiger partial charge in [0.15, 0.2) is 12.6 Å². The van der Waals surface area contributed by atoms with E-state index < -0.39 is 0 Å². The Morgan fingerprint density at radius 2 is 1.07 bits per heavy atom. The van der Waals surface area contributed by atoms with Gasteiger partial charge in [-0.1, -0.05) is 110 Å². The lowest BCUT2D eigenvalue weighted by molar-refractivity contribution is -0.177. The maximum absolute atomic E-state index is 5.62. The van der Waals surface area contributed by atoms with Gasteiger partial charge in [-0.25, -0.2) is 0 Å². The van der Waals surface area contributed by atoms with Crippen LogP contribution in [0.1, 0.15) is 122 Å². The fraction of sp³-hybridized carbons (Fsp3) is 0.920. The Labute approximate surface area is 175 Å². The number of methoxy groups -OCH3 is 2. The lowest BCUT2D eigenvalue weighted by Gasteiger charge is -2.14. The smallest absolute Gasteiger partial charge is 0.183 e. The summed E-state index contributed by atoms with van der Waals surface area (Å²) in [6, 6.07) is 0. The van der Waals surface area contributed by atoms with Crippen LogP contribution in [0.15, 0.2) is 11.6 Å². The minimum atomic E-state index is -0.231. The molecule has 0 radical (unpaired) electrons. The molecule has 0 aliphatic carbocycles. The Hall–Kier alpha value is -0.380. The molecule has 0 bridgehead atoms. The quantitative estimate of drug-likeness (QED) is 0.154. The van der Waals surface area contributed by atoms with Crippen molar-refractivity contribution >= 4 is 0 Å². The average Bonchev–Trinajstić information content (AvgIpc) is 3.12. The topological polar surface area (TPSA) is 27.7 Å². The molecular weight excluding hydrogens is 348 g/mol. The number of hydrogen-bond acceptors (Lipinski definition) is 3. The van der Waals surface area contributed by atoms with Crippen LogP contribution in [0.3, 0.4) is 0 Å². The Kier molecular flexibility index (Phi) is 17.1. The molecule has 28 heavy (non-hydrogen) atoms. The monoisotopic (exact) mass is 396 g/mol. The molecule has 2 atom stereocenters. The van der Waals surface area contributed by atoms with Crippen molar-refractivity contribution in [3.63, 3.8) is 0 Å². The van der Waals surface area contributed by atoms with Gasteiger partial charge in [-0.3, -0.25) is 0 Å². The van der Waals surface area contributed by atoms with Crippen LogP contribution in [-0.2, 0) is 14.2 Å². The summed E-state index contributed by atoms with van der Waals surface area (Å²) in [5.74, 6) is 0. The molecule has 1 aliphatic rings. The third kappa shape index (κ3) is 13.0. The van der Waals surface area contributed by atoms with Gasteiger partial charge in [-0.2, -0.15) is 0 Å². The molecule has 0 aromatic heterocycles. The molecule has 0 amide bonds.